The van der Waals surface area contributed by atoms with Crippen LogP contribution in [0.25, 0.3) is 0 Å². The number of hydrogen-bond acceptors (Lipinski definition) is 2. The van der Waals surface area contributed by atoms with Gasteiger partial charge in [-0.1, -0.05) is 13.8 Å². The summed E-state index contributed by atoms with van der Waals surface area (Å²) in [4.78, 5) is 24.6. The van der Waals surface area contributed by atoms with Crippen LogP contribution >= 0.6 is 11.6 Å². The molecule has 5 heteroatoms. The van der Waals surface area contributed by atoms with Gasteiger partial charge in [0.15, 0.2) is 0 Å². The lowest BCUT2D eigenvalue weighted by molar-refractivity contribution is -0.119. The Morgan fingerprint density at radius 3 is 2.41 bits per heavy atom. The van der Waals surface area contributed by atoms with Crippen molar-refractivity contribution in [1.29, 1.82) is 0 Å². The number of urea groups is 1. The van der Waals surface area contributed by atoms with Crippen LogP contribution in [0.4, 0.5) is 4.79 Å². The summed E-state index contributed by atoms with van der Waals surface area (Å²) in [5.41, 5.74) is 0. The zero-order valence-electron chi connectivity index (χ0n) is 10.5. The molecule has 98 valence electrons. The lowest BCUT2D eigenvalue weighted by Gasteiger charge is -2.33. The van der Waals surface area contributed by atoms with Crippen LogP contribution in [0.15, 0.2) is 0 Å². The molecule has 4 nitrogen and oxygen atoms in total. The Morgan fingerprint density at radius 2 is 1.94 bits per heavy atom. The van der Waals surface area contributed by atoms with Gasteiger partial charge >= 0.3 is 6.03 Å². The lowest BCUT2D eigenvalue weighted by atomic mass is 9.87. The highest BCUT2D eigenvalue weighted by atomic mass is 35.5. The maximum atomic E-state index is 11.7. The summed E-state index contributed by atoms with van der Waals surface area (Å²) in [6, 6.07) is -0.276. The summed E-state index contributed by atoms with van der Waals surface area (Å²) in [7, 11) is 0. The van der Waals surface area contributed by atoms with E-state index in [-0.39, 0.29) is 24.2 Å². The molecule has 1 saturated heterocycles. The van der Waals surface area contributed by atoms with Crippen molar-refractivity contribution < 1.29 is 9.59 Å². The number of likely N-dealkylation sites (tertiary alicyclic amines) is 1. The van der Waals surface area contributed by atoms with Gasteiger partial charge in [0.1, 0.15) is 0 Å². The Bertz CT molecular complexity index is 274. The maximum absolute atomic E-state index is 11.7. The third kappa shape index (κ3) is 4.54. The Labute approximate surface area is 108 Å². The quantitative estimate of drug-likeness (QED) is 0.791. The largest absolute Gasteiger partial charge is 0.324 e. The average Bonchev–Trinajstić information content (AvgIpc) is 2.29. The van der Waals surface area contributed by atoms with E-state index in [2.05, 4.69) is 19.2 Å². The molecule has 0 aromatic carbocycles. The van der Waals surface area contributed by atoms with Crippen LogP contribution in [-0.4, -0.2) is 35.8 Å². The van der Waals surface area contributed by atoms with Crippen LogP contribution in [0, 0.1) is 11.8 Å². The van der Waals surface area contributed by atoms with Gasteiger partial charge in [0.05, 0.1) is 0 Å². The van der Waals surface area contributed by atoms with Crippen LogP contribution < -0.4 is 5.32 Å². The summed E-state index contributed by atoms with van der Waals surface area (Å²) in [5, 5.41) is 2.36. The molecule has 0 bridgehead atoms. The normalized spacial score (nSPS) is 17.3. The molecule has 1 heterocycles. The number of carbonyl (C=O) groups excluding carboxylic acids is 2. The number of alkyl halides is 1. The molecule has 1 aliphatic rings. The Morgan fingerprint density at radius 1 is 1.35 bits per heavy atom. The van der Waals surface area contributed by atoms with Crippen molar-refractivity contribution in [1.82, 2.24) is 10.2 Å². The van der Waals surface area contributed by atoms with Crippen molar-refractivity contribution in [3.63, 3.8) is 0 Å². The molecule has 3 amide bonds. The summed E-state index contributed by atoms with van der Waals surface area (Å²) < 4.78 is 0. The van der Waals surface area contributed by atoms with Gasteiger partial charge in [0.2, 0.25) is 5.91 Å². The first kappa shape index (κ1) is 14.3. The van der Waals surface area contributed by atoms with Crippen LogP contribution in [0.5, 0.6) is 0 Å². The van der Waals surface area contributed by atoms with Crippen molar-refractivity contribution in [2.45, 2.75) is 33.1 Å². The van der Waals surface area contributed by atoms with Gasteiger partial charge in [-0.2, -0.15) is 0 Å². The first-order valence-electron chi connectivity index (χ1n) is 6.19. The van der Waals surface area contributed by atoms with Crippen molar-refractivity contribution >= 4 is 23.5 Å². The molecular formula is C12H21ClN2O2. The number of carbonyl (C=O) groups is 2. The molecule has 0 unspecified atom stereocenters. The molecular weight excluding hydrogens is 240 g/mol. The van der Waals surface area contributed by atoms with E-state index in [1.165, 1.54) is 0 Å². The smallest absolute Gasteiger partial charge is 0.324 e. The van der Waals surface area contributed by atoms with E-state index in [0.29, 0.717) is 11.8 Å². The fourth-order valence-electron chi connectivity index (χ4n) is 2.12. The maximum Gasteiger partial charge on any atom is 0.324 e. The minimum absolute atomic E-state index is 0.190. The number of nitrogens with one attached hydrogen (secondary N) is 1. The monoisotopic (exact) mass is 260 g/mol. The number of amides is 3. The fraction of sp³-hybridized carbons (Fsp3) is 0.833. The van der Waals surface area contributed by atoms with E-state index >= 15 is 0 Å². The second-order valence-corrected chi connectivity index (χ2v) is 5.24. The molecule has 0 atom stereocenters. The minimum atomic E-state index is -0.295. The highest BCUT2D eigenvalue weighted by molar-refractivity contribution is 6.19. The molecule has 0 saturated carbocycles. The predicted octanol–water partition coefficient (Wildman–Crippen LogP) is 2.22. The fourth-order valence-corrected chi connectivity index (χ4v) is 2.29. The number of rotatable bonds is 3. The molecule has 17 heavy (non-hydrogen) atoms. The van der Waals surface area contributed by atoms with E-state index in [1.54, 1.807) is 4.90 Å². The third-order valence-electron chi connectivity index (χ3n) is 3.34. The Hall–Kier alpha value is -0.770. The van der Waals surface area contributed by atoms with E-state index in [1.807, 2.05) is 0 Å². The van der Waals surface area contributed by atoms with Crippen molar-refractivity contribution in [2.75, 3.05) is 19.0 Å². The average molecular weight is 261 g/mol. The first-order chi connectivity index (χ1) is 8.04. The van der Waals surface area contributed by atoms with E-state index in [4.69, 9.17) is 11.6 Å². The summed E-state index contributed by atoms with van der Waals surface area (Å²) >= 11 is 5.43. The topological polar surface area (TPSA) is 49.4 Å². The lowest BCUT2D eigenvalue weighted by Crippen LogP contribution is -2.47. The minimum Gasteiger partial charge on any atom is -0.324 e. The number of hydrogen-bond donors (Lipinski definition) is 1. The molecule has 1 fully saturated rings. The van der Waals surface area contributed by atoms with E-state index < -0.39 is 0 Å². The zero-order chi connectivity index (χ0) is 12.8. The molecule has 0 spiro atoms. The summed E-state index contributed by atoms with van der Waals surface area (Å²) in [6.45, 7) is 5.90. The molecule has 0 aromatic rings. The van der Waals surface area contributed by atoms with Crippen molar-refractivity contribution in [3.05, 3.63) is 0 Å². The van der Waals surface area contributed by atoms with E-state index in [9.17, 15) is 9.59 Å². The van der Waals surface area contributed by atoms with Gasteiger partial charge in [-0.05, 0) is 24.7 Å². The predicted molar refractivity (Wildman–Crippen MR) is 68.0 cm³/mol. The third-order valence-corrected chi connectivity index (χ3v) is 3.53. The molecule has 0 radical (unpaired) electrons. The van der Waals surface area contributed by atoms with Gasteiger partial charge < -0.3 is 4.90 Å². The Kier molecular flexibility index (Phi) is 5.75. The second-order valence-electron chi connectivity index (χ2n) is 4.86. The van der Waals surface area contributed by atoms with Gasteiger partial charge in [-0.25, -0.2) is 4.79 Å². The molecule has 1 N–H and O–H groups in total. The van der Waals surface area contributed by atoms with Gasteiger partial charge in [-0.15, -0.1) is 11.6 Å². The Balaban J connectivity index is 2.33. The summed E-state index contributed by atoms with van der Waals surface area (Å²) in [6.07, 6.45) is 2.24. The molecule has 0 aromatic heterocycles. The molecule has 1 rings (SSSR count). The number of imide groups is 1. The molecule has 0 aliphatic carbocycles. The van der Waals surface area contributed by atoms with Gasteiger partial charge in [-0.3, -0.25) is 10.1 Å². The zero-order valence-corrected chi connectivity index (χ0v) is 11.3. The standard InChI is InChI=1S/C12H21ClN2O2/c1-9(2)10-4-7-15(8-5-10)12(17)14-11(16)3-6-13/h9-10H,3-8H2,1-2H3,(H,14,16,17). The molecule has 1 aliphatic heterocycles. The van der Waals surface area contributed by atoms with Crippen molar-refractivity contribution in [3.8, 4) is 0 Å². The number of piperidine rings is 1. The van der Waals surface area contributed by atoms with Crippen LogP contribution in [0.1, 0.15) is 33.1 Å². The first-order valence-corrected chi connectivity index (χ1v) is 6.72. The highest BCUT2D eigenvalue weighted by Crippen LogP contribution is 2.24. The van der Waals surface area contributed by atoms with Crippen molar-refractivity contribution in [2.24, 2.45) is 11.8 Å². The highest BCUT2D eigenvalue weighted by Gasteiger charge is 2.25. The van der Waals surface area contributed by atoms with Crippen LogP contribution in [-0.2, 0) is 4.79 Å². The SMILES string of the molecule is CC(C)C1CCN(C(=O)NC(=O)CCCl)CC1. The van der Waals surface area contributed by atoms with Gasteiger partial charge in [0, 0.05) is 25.4 Å². The van der Waals surface area contributed by atoms with Crippen LogP contribution in [0.3, 0.4) is 0 Å². The second kappa shape index (κ2) is 6.84. The number of nitrogens with zero attached hydrogens (tertiary/aromatic N) is 1. The number of halogens is 1. The van der Waals surface area contributed by atoms with Crippen LogP contribution in [0.2, 0.25) is 0 Å². The summed E-state index contributed by atoms with van der Waals surface area (Å²) in [5.74, 6) is 1.31. The van der Waals surface area contributed by atoms with E-state index in [0.717, 1.165) is 25.9 Å². The van der Waals surface area contributed by atoms with Gasteiger partial charge in [0.25, 0.3) is 0 Å².